The van der Waals surface area contributed by atoms with Crippen molar-refractivity contribution in [3.05, 3.63) is 23.8 Å². The number of esters is 1. The van der Waals surface area contributed by atoms with E-state index in [1.165, 1.54) is 19.1 Å². The van der Waals surface area contributed by atoms with Gasteiger partial charge in [-0.1, -0.05) is 0 Å². The Kier molecular flexibility index (Phi) is 6.21. The summed E-state index contributed by atoms with van der Waals surface area (Å²) in [6, 6.07) is 4.19. The van der Waals surface area contributed by atoms with E-state index >= 15 is 0 Å². The molecular weight excluding hydrogens is 328 g/mol. The number of urea groups is 1. The summed E-state index contributed by atoms with van der Waals surface area (Å²) in [5.74, 6) is -0.278. The van der Waals surface area contributed by atoms with Gasteiger partial charge >= 0.3 is 12.0 Å². The molecule has 0 radical (unpaired) electrons. The van der Waals surface area contributed by atoms with Crippen LogP contribution in [0.25, 0.3) is 0 Å². The van der Waals surface area contributed by atoms with Gasteiger partial charge in [0, 0.05) is 13.1 Å². The minimum atomic E-state index is -1.07. The van der Waals surface area contributed by atoms with Crippen LogP contribution in [0.1, 0.15) is 31.1 Å². The van der Waals surface area contributed by atoms with Gasteiger partial charge in [-0.15, -0.1) is 0 Å². The van der Waals surface area contributed by atoms with Crippen molar-refractivity contribution < 1.29 is 28.6 Å². The number of carbonyl (C=O) groups is 3. The van der Waals surface area contributed by atoms with Gasteiger partial charge in [0.05, 0.1) is 18.8 Å². The van der Waals surface area contributed by atoms with Gasteiger partial charge in [-0.3, -0.25) is 9.69 Å². The second-order valence-electron chi connectivity index (χ2n) is 5.30. The van der Waals surface area contributed by atoms with E-state index in [4.69, 9.17) is 14.2 Å². The fourth-order valence-electron chi connectivity index (χ4n) is 2.36. The quantitative estimate of drug-likeness (QED) is 0.751. The lowest BCUT2D eigenvalue weighted by Crippen LogP contribution is -2.41. The molecule has 1 saturated heterocycles. The lowest BCUT2D eigenvalue weighted by atomic mass is 10.2. The molecule has 1 aliphatic rings. The molecule has 1 atom stereocenters. The van der Waals surface area contributed by atoms with Crippen molar-refractivity contribution in [3.8, 4) is 11.5 Å². The Hall–Kier alpha value is -2.77. The monoisotopic (exact) mass is 350 g/mol. The zero-order valence-corrected chi connectivity index (χ0v) is 14.5. The van der Waals surface area contributed by atoms with E-state index in [0.29, 0.717) is 31.3 Å². The van der Waals surface area contributed by atoms with Crippen LogP contribution in [0.4, 0.5) is 4.79 Å². The minimum absolute atomic E-state index is 0.234. The molecule has 1 N–H and O–H groups in total. The van der Waals surface area contributed by atoms with E-state index in [0.717, 1.165) is 4.90 Å². The highest BCUT2D eigenvalue weighted by molar-refractivity contribution is 5.99. The van der Waals surface area contributed by atoms with Crippen molar-refractivity contribution >= 4 is 17.9 Å². The van der Waals surface area contributed by atoms with Crippen LogP contribution in [-0.4, -0.2) is 55.2 Å². The lowest BCUT2D eigenvalue weighted by Gasteiger charge is -2.18. The summed E-state index contributed by atoms with van der Waals surface area (Å²) >= 11 is 0. The van der Waals surface area contributed by atoms with Gasteiger partial charge < -0.3 is 19.5 Å². The molecule has 0 bridgehead atoms. The Bertz CT molecular complexity index is 661. The third-order valence-corrected chi connectivity index (χ3v) is 3.53. The maximum Gasteiger partial charge on any atom is 0.339 e. The Balaban J connectivity index is 2.07. The number of imide groups is 1. The number of benzene rings is 1. The predicted molar refractivity (Wildman–Crippen MR) is 88.8 cm³/mol. The molecule has 0 spiro atoms. The van der Waals surface area contributed by atoms with Crippen molar-refractivity contribution in [2.45, 2.75) is 26.9 Å². The molecule has 1 aromatic carbocycles. The summed E-state index contributed by atoms with van der Waals surface area (Å²) in [5, 5.41) is 2.53. The first-order valence-corrected chi connectivity index (χ1v) is 8.17. The third kappa shape index (κ3) is 4.40. The summed E-state index contributed by atoms with van der Waals surface area (Å²) in [6.45, 7) is 6.63. The van der Waals surface area contributed by atoms with Crippen LogP contribution in [0.2, 0.25) is 0 Å². The SMILES string of the molecule is CCOc1ccc(C(=O)OC(C)C(=O)N2CCNC2=O)cc1OCC. The molecule has 8 nitrogen and oxygen atoms in total. The highest BCUT2D eigenvalue weighted by Gasteiger charge is 2.31. The van der Waals surface area contributed by atoms with Crippen molar-refractivity contribution in [1.82, 2.24) is 10.2 Å². The molecule has 136 valence electrons. The normalized spacial score (nSPS) is 14.7. The highest BCUT2D eigenvalue weighted by Crippen LogP contribution is 2.29. The largest absolute Gasteiger partial charge is 0.490 e. The first-order valence-electron chi connectivity index (χ1n) is 8.17. The molecule has 25 heavy (non-hydrogen) atoms. The van der Waals surface area contributed by atoms with Gasteiger partial charge in [-0.25, -0.2) is 9.59 Å². The smallest absolute Gasteiger partial charge is 0.339 e. The molecule has 0 aliphatic carbocycles. The van der Waals surface area contributed by atoms with Crippen molar-refractivity contribution in [3.63, 3.8) is 0 Å². The molecule has 1 unspecified atom stereocenters. The fraction of sp³-hybridized carbons (Fsp3) is 0.471. The van der Waals surface area contributed by atoms with Gasteiger partial charge in [0.2, 0.25) is 0 Å². The van der Waals surface area contributed by atoms with Crippen molar-refractivity contribution in [2.75, 3.05) is 26.3 Å². The van der Waals surface area contributed by atoms with Crippen LogP contribution < -0.4 is 14.8 Å². The van der Waals surface area contributed by atoms with Gasteiger partial charge in [0.25, 0.3) is 5.91 Å². The number of carbonyl (C=O) groups excluding carboxylic acids is 3. The molecule has 1 aliphatic heterocycles. The second kappa shape index (κ2) is 8.36. The van der Waals surface area contributed by atoms with E-state index in [1.54, 1.807) is 6.07 Å². The summed E-state index contributed by atoms with van der Waals surface area (Å²) in [4.78, 5) is 37.0. The predicted octanol–water partition coefficient (Wildman–Crippen LogP) is 1.58. The number of hydrogen-bond donors (Lipinski definition) is 1. The summed E-state index contributed by atoms with van der Waals surface area (Å²) in [6.07, 6.45) is -1.07. The van der Waals surface area contributed by atoms with Crippen molar-refractivity contribution in [1.29, 1.82) is 0 Å². The minimum Gasteiger partial charge on any atom is -0.490 e. The van der Waals surface area contributed by atoms with Crippen LogP contribution in [0.15, 0.2) is 18.2 Å². The Labute approximate surface area is 146 Å². The van der Waals surface area contributed by atoms with E-state index in [-0.39, 0.29) is 12.1 Å². The number of rotatable bonds is 7. The van der Waals surface area contributed by atoms with E-state index in [2.05, 4.69) is 5.32 Å². The lowest BCUT2D eigenvalue weighted by molar-refractivity contribution is -0.136. The van der Waals surface area contributed by atoms with Crippen LogP contribution >= 0.6 is 0 Å². The average Bonchev–Trinajstić information content (AvgIpc) is 3.02. The Morgan fingerprint density at radius 3 is 2.48 bits per heavy atom. The van der Waals surface area contributed by atoms with E-state index in [1.807, 2.05) is 13.8 Å². The number of hydrogen-bond acceptors (Lipinski definition) is 6. The van der Waals surface area contributed by atoms with Gasteiger partial charge in [-0.2, -0.15) is 0 Å². The van der Waals surface area contributed by atoms with Crippen LogP contribution in [0.5, 0.6) is 11.5 Å². The standard InChI is InChI=1S/C17H22N2O6/c1-4-23-13-7-6-12(10-14(13)24-5-2)16(21)25-11(3)15(20)19-9-8-18-17(19)22/h6-7,10-11H,4-5,8-9H2,1-3H3,(H,18,22). The van der Waals surface area contributed by atoms with E-state index in [9.17, 15) is 14.4 Å². The molecule has 2 rings (SSSR count). The molecule has 1 aromatic rings. The summed E-state index contributed by atoms with van der Waals surface area (Å²) < 4.78 is 16.1. The van der Waals surface area contributed by atoms with Gasteiger partial charge in [0.15, 0.2) is 17.6 Å². The van der Waals surface area contributed by atoms with Crippen LogP contribution in [0, 0.1) is 0 Å². The summed E-state index contributed by atoms with van der Waals surface area (Å²) in [5.41, 5.74) is 0.234. The van der Waals surface area contributed by atoms with E-state index < -0.39 is 24.0 Å². The highest BCUT2D eigenvalue weighted by atomic mass is 16.5. The zero-order valence-electron chi connectivity index (χ0n) is 14.5. The van der Waals surface area contributed by atoms with Crippen LogP contribution in [-0.2, 0) is 9.53 Å². The molecule has 1 heterocycles. The summed E-state index contributed by atoms with van der Waals surface area (Å²) in [7, 11) is 0. The molecule has 3 amide bonds. The maximum absolute atomic E-state index is 12.3. The average molecular weight is 350 g/mol. The van der Waals surface area contributed by atoms with Crippen LogP contribution in [0.3, 0.4) is 0 Å². The molecule has 0 aromatic heterocycles. The third-order valence-electron chi connectivity index (χ3n) is 3.53. The first-order chi connectivity index (χ1) is 12.0. The molecule has 0 saturated carbocycles. The Morgan fingerprint density at radius 2 is 1.88 bits per heavy atom. The zero-order chi connectivity index (χ0) is 18.4. The number of ether oxygens (including phenoxy) is 3. The fourth-order valence-corrected chi connectivity index (χ4v) is 2.36. The number of nitrogens with one attached hydrogen (secondary N) is 1. The maximum atomic E-state index is 12.3. The second-order valence-corrected chi connectivity index (χ2v) is 5.30. The number of nitrogens with zero attached hydrogens (tertiary/aromatic N) is 1. The van der Waals surface area contributed by atoms with Gasteiger partial charge in [0.1, 0.15) is 0 Å². The van der Waals surface area contributed by atoms with Crippen molar-refractivity contribution in [2.24, 2.45) is 0 Å². The molecular formula is C17H22N2O6. The first kappa shape index (κ1) is 18.6. The molecule has 1 fully saturated rings. The number of amides is 3. The molecule has 8 heteroatoms. The topological polar surface area (TPSA) is 94.2 Å². The Morgan fingerprint density at radius 1 is 1.20 bits per heavy atom. The van der Waals surface area contributed by atoms with Gasteiger partial charge in [-0.05, 0) is 39.0 Å².